The Morgan fingerprint density at radius 1 is 1.14 bits per heavy atom. The molecule has 2 aromatic rings. The SMILES string of the molecule is Fc1cc(F)cc(Oc2c(Cl)cccc2CNC2CC2)c1. The third-order valence-electron chi connectivity index (χ3n) is 3.26. The molecule has 0 radical (unpaired) electrons. The highest BCUT2D eigenvalue weighted by Gasteiger charge is 2.21. The maximum atomic E-state index is 13.2. The van der Waals surface area contributed by atoms with Crippen LogP contribution < -0.4 is 10.1 Å². The number of ether oxygens (including phenoxy) is 1. The molecule has 1 aliphatic rings. The van der Waals surface area contributed by atoms with Gasteiger partial charge in [0.1, 0.15) is 23.1 Å². The van der Waals surface area contributed by atoms with Crippen LogP contribution in [0.15, 0.2) is 36.4 Å². The zero-order valence-electron chi connectivity index (χ0n) is 11.2. The molecule has 2 aromatic carbocycles. The van der Waals surface area contributed by atoms with Gasteiger partial charge < -0.3 is 10.1 Å². The van der Waals surface area contributed by atoms with Gasteiger partial charge in [-0.3, -0.25) is 0 Å². The summed E-state index contributed by atoms with van der Waals surface area (Å²) in [6.07, 6.45) is 2.34. The topological polar surface area (TPSA) is 21.3 Å². The molecule has 0 aliphatic heterocycles. The van der Waals surface area contributed by atoms with Crippen molar-refractivity contribution in [2.45, 2.75) is 25.4 Å². The lowest BCUT2D eigenvalue weighted by Crippen LogP contribution is -2.15. The summed E-state index contributed by atoms with van der Waals surface area (Å²) < 4.78 is 32.1. The van der Waals surface area contributed by atoms with E-state index in [0.717, 1.165) is 23.8 Å². The minimum absolute atomic E-state index is 0.0910. The van der Waals surface area contributed by atoms with Gasteiger partial charge in [0.05, 0.1) is 5.02 Å². The summed E-state index contributed by atoms with van der Waals surface area (Å²) in [5.41, 5.74) is 0.860. The van der Waals surface area contributed by atoms with Gasteiger partial charge in [-0.15, -0.1) is 0 Å². The second-order valence-electron chi connectivity index (χ2n) is 5.09. The number of para-hydroxylation sites is 1. The van der Waals surface area contributed by atoms with Crippen LogP contribution in [0.5, 0.6) is 11.5 Å². The van der Waals surface area contributed by atoms with Crippen LogP contribution in [0.1, 0.15) is 18.4 Å². The highest BCUT2D eigenvalue weighted by molar-refractivity contribution is 6.32. The summed E-state index contributed by atoms with van der Waals surface area (Å²) in [5.74, 6) is -0.852. The van der Waals surface area contributed by atoms with Gasteiger partial charge >= 0.3 is 0 Å². The molecule has 1 N–H and O–H groups in total. The lowest BCUT2D eigenvalue weighted by molar-refractivity contribution is 0.460. The van der Waals surface area contributed by atoms with E-state index in [1.807, 2.05) is 12.1 Å². The van der Waals surface area contributed by atoms with Gasteiger partial charge in [0.15, 0.2) is 0 Å². The zero-order valence-corrected chi connectivity index (χ0v) is 12.0. The molecule has 0 atom stereocenters. The fraction of sp³-hybridized carbons (Fsp3) is 0.250. The first kappa shape index (κ1) is 14.3. The van der Waals surface area contributed by atoms with Crippen LogP contribution in [0.3, 0.4) is 0 Å². The third-order valence-corrected chi connectivity index (χ3v) is 3.56. The normalized spacial score (nSPS) is 14.2. The lowest BCUT2D eigenvalue weighted by atomic mass is 10.2. The van der Waals surface area contributed by atoms with E-state index in [1.165, 1.54) is 12.8 Å². The average Bonchev–Trinajstić information content (AvgIpc) is 3.22. The summed E-state index contributed by atoms with van der Waals surface area (Å²) in [7, 11) is 0. The lowest BCUT2D eigenvalue weighted by Gasteiger charge is -2.13. The Morgan fingerprint density at radius 2 is 1.86 bits per heavy atom. The third kappa shape index (κ3) is 3.71. The predicted molar refractivity (Wildman–Crippen MR) is 77.7 cm³/mol. The molecule has 0 spiro atoms. The number of hydrogen-bond donors (Lipinski definition) is 1. The molecule has 21 heavy (non-hydrogen) atoms. The first-order valence-corrected chi connectivity index (χ1v) is 7.14. The van der Waals surface area contributed by atoms with E-state index in [9.17, 15) is 8.78 Å². The van der Waals surface area contributed by atoms with Crippen LogP contribution in [0.25, 0.3) is 0 Å². The average molecular weight is 310 g/mol. The molecular formula is C16H14ClF2NO. The molecule has 0 saturated heterocycles. The molecule has 5 heteroatoms. The zero-order chi connectivity index (χ0) is 14.8. The molecule has 3 rings (SSSR count). The Kier molecular flexibility index (Phi) is 4.08. The summed E-state index contributed by atoms with van der Waals surface area (Å²) in [5, 5.41) is 3.77. The highest BCUT2D eigenvalue weighted by atomic mass is 35.5. The van der Waals surface area contributed by atoms with Crippen LogP contribution in [-0.2, 0) is 6.54 Å². The van der Waals surface area contributed by atoms with E-state index >= 15 is 0 Å². The molecule has 0 bridgehead atoms. The predicted octanol–water partition coefficient (Wildman–Crippen LogP) is 4.66. The Morgan fingerprint density at radius 3 is 2.52 bits per heavy atom. The van der Waals surface area contributed by atoms with Gasteiger partial charge in [0, 0.05) is 36.3 Å². The summed E-state index contributed by atoms with van der Waals surface area (Å²) in [6, 6.07) is 9.00. The smallest absolute Gasteiger partial charge is 0.150 e. The van der Waals surface area contributed by atoms with Crippen molar-refractivity contribution in [1.82, 2.24) is 5.32 Å². The molecule has 0 amide bonds. The standard InChI is InChI=1S/C16H14ClF2NO/c17-15-3-1-2-10(9-20-13-4-5-13)16(15)21-14-7-11(18)6-12(19)8-14/h1-3,6-8,13,20H,4-5,9H2. The van der Waals surface area contributed by atoms with Gasteiger partial charge in [-0.25, -0.2) is 8.78 Å². The largest absolute Gasteiger partial charge is 0.455 e. The number of benzene rings is 2. The summed E-state index contributed by atoms with van der Waals surface area (Å²) in [6.45, 7) is 0.609. The van der Waals surface area contributed by atoms with Crippen LogP contribution in [0.4, 0.5) is 8.78 Å². The van der Waals surface area contributed by atoms with E-state index in [4.69, 9.17) is 16.3 Å². The van der Waals surface area contributed by atoms with Crippen LogP contribution in [0, 0.1) is 11.6 Å². The molecular weight excluding hydrogens is 296 g/mol. The molecule has 1 saturated carbocycles. The van der Waals surface area contributed by atoms with Crippen molar-refractivity contribution >= 4 is 11.6 Å². The summed E-state index contributed by atoms with van der Waals surface area (Å²) >= 11 is 6.15. The fourth-order valence-electron chi connectivity index (χ4n) is 2.05. The Labute approximate surface area is 126 Å². The highest BCUT2D eigenvalue weighted by Crippen LogP contribution is 2.34. The van der Waals surface area contributed by atoms with Crippen molar-refractivity contribution in [3.63, 3.8) is 0 Å². The maximum Gasteiger partial charge on any atom is 0.150 e. The Balaban J connectivity index is 1.85. The quantitative estimate of drug-likeness (QED) is 0.867. The van der Waals surface area contributed by atoms with E-state index in [1.54, 1.807) is 6.07 Å². The van der Waals surface area contributed by atoms with Gasteiger partial charge in [-0.2, -0.15) is 0 Å². The van der Waals surface area contributed by atoms with Crippen LogP contribution in [-0.4, -0.2) is 6.04 Å². The molecule has 0 aromatic heterocycles. The van der Waals surface area contributed by atoms with Crippen molar-refractivity contribution < 1.29 is 13.5 Å². The second-order valence-corrected chi connectivity index (χ2v) is 5.50. The van der Waals surface area contributed by atoms with Gasteiger partial charge in [0.25, 0.3) is 0 Å². The molecule has 0 heterocycles. The Bertz CT molecular complexity index is 638. The van der Waals surface area contributed by atoms with Crippen molar-refractivity contribution in [1.29, 1.82) is 0 Å². The van der Waals surface area contributed by atoms with E-state index in [0.29, 0.717) is 23.4 Å². The van der Waals surface area contributed by atoms with Crippen molar-refractivity contribution in [3.05, 3.63) is 58.6 Å². The first-order chi connectivity index (χ1) is 10.1. The van der Waals surface area contributed by atoms with E-state index in [2.05, 4.69) is 5.32 Å². The molecule has 1 fully saturated rings. The first-order valence-electron chi connectivity index (χ1n) is 6.76. The number of halogens is 3. The minimum Gasteiger partial charge on any atom is -0.455 e. The summed E-state index contributed by atoms with van der Waals surface area (Å²) in [4.78, 5) is 0. The van der Waals surface area contributed by atoms with Crippen LogP contribution >= 0.6 is 11.6 Å². The number of hydrogen-bond acceptors (Lipinski definition) is 2. The van der Waals surface area contributed by atoms with E-state index < -0.39 is 11.6 Å². The van der Waals surface area contributed by atoms with Gasteiger partial charge in [-0.1, -0.05) is 23.7 Å². The molecule has 2 nitrogen and oxygen atoms in total. The molecule has 1 aliphatic carbocycles. The van der Waals surface area contributed by atoms with E-state index in [-0.39, 0.29) is 5.75 Å². The van der Waals surface area contributed by atoms with Crippen molar-refractivity contribution in [2.75, 3.05) is 0 Å². The fourth-order valence-corrected chi connectivity index (χ4v) is 2.29. The molecule has 0 unspecified atom stereocenters. The van der Waals surface area contributed by atoms with Gasteiger partial charge in [0.2, 0.25) is 0 Å². The van der Waals surface area contributed by atoms with Gasteiger partial charge in [-0.05, 0) is 18.9 Å². The van der Waals surface area contributed by atoms with Crippen molar-refractivity contribution in [3.8, 4) is 11.5 Å². The minimum atomic E-state index is -0.685. The number of nitrogens with one attached hydrogen (secondary N) is 1. The molecule has 110 valence electrons. The maximum absolute atomic E-state index is 13.2. The second kappa shape index (κ2) is 6.00. The number of rotatable bonds is 5. The van der Waals surface area contributed by atoms with Crippen molar-refractivity contribution in [2.24, 2.45) is 0 Å². The monoisotopic (exact) mass is 309 g/mol. The van der Waals surface area contributed by atoms with Crippen LogP contribution in [0.2, 0.25) is 5.02 Å². The Hall–Kier alpha value is -1.65.